The molecule has 0 unspecified atom stereocenters. The Labute approximate surface area is 102 Å². The second-order valence-electron chi connectivity index (χ2n) is 4.70. The van der Waals surface area contributed by atoms with Gasteiger partial charge in [-0.15, -0.1) is 0 Å². The van der Waals surface area contributed by atoms with Crippen molar-refractivity contribution < 1.29 is 4.79 Å². The number of hydrogen-bond donors (Lipinski definition) is 2. The van der Waals surface area contributed by atoms with Gasteiger partial charge in [0.2, 0.25) is 5.91 Å². The van der Waals surface area contributed by atoms with Crippen LogP contribution in [0, 0.1) is 5.92 Å². The molecule has 0 radical (unpaired) electrons. The molecule has 2 rings (SSSR count). The van der Waals surface area contributed by atoms with Crippen molar-refractivity contribution in [1.29, 1.82) is 0 Å². The lowest BCUT2D eigenvalue weighted by Gasteiger charge is -2.30. The van der Waals surface area contributed by atoms with E-state index >= 15 is 0 Å². The van der Waals surface area contributed by atoms with Crippen LogP contribution in [0.2, 0.25) is 0 Å². The maximum Gasteiger partial charge on any atom is 0.220 e. The molecule has 17 heavy (non-hydrogen) atoms. The van der Waals surface area contributed by atoms with Crippen molar-refractivity contribution in [3.63, 3.8) is 0 Å². The molecule has 1 aliphatic heterocycles. The molecule has 92 valence electrons. The summed E-state index contributed by atoms with van der Waals surface area (Å²) < 4.78 is 0. The third kappa shape index (κ3) is 3.20. The van der Waals surface area contributed by atoms with Gasteiger partial charge in [0.1, 0.15) is 0 Å². The Morgan fingerprint density at radius 3 is 2.65 bits per heavy atom. The normalized spacial score (nSPS) is 18.1. The standard InChI is InChI=1S/C13H19N3O/c14-12-3-1-2-10(8-12)9-16-6-4-11(5-7-16)13(15)17/h1-3,8,11H,4-7,9,14H2,(H2,15,17). The summed E-state index contributed by atoms with van der Waals surface area (Å²) in [6.07, 6.45) is 1.75. The van der Waals surface area contributed by atoms with Crippen LogP contribution in [-0.2, 0) is 11.3 Å². The molecule has 0 bridgehead atoms. The molecule has 0 saturated carbocycles. The lowest BCUT2D eigenvalue weighted by Crippen LogP contribution is -2.38. The minimum absolute atomic E-state index is 0.0621. The first kappa shape index (κ1) is 11.9. The SMILES string of the molecule is NC(=O)C1CCN(Cc2cccc(N)c2)CC1. The molecule has 1 aliphatic rings. The van der Waals surface area contributed by atoms with Crippen molar-refractivity contribution in [2.75, 3.05) is 18.8 Å². The van der Waals surface area contributed by atoms with Gasteiger partial charge in [-0.3, -0.25) is 9.69 Å². The third-order valence-corrected chi connectivity index (χ3v) is 3.35. The summed E-state index contributed by atoms with van der Waals surface area (Å²) in [6.45, 7) is 2.77. The fourth-order valence-corrected chi connectivity index (χ4v) is 2.33. The van der Waals surface area contributed by atoms with E-state index in [0.29, 0.717) is 0 Å². The fourth-order valence-electron chi connectivity index (χ4n) is 2.33. The molecule has 1 amide bonds. The molecule has 0 aliphatic carbocycles. The Hall–Kier alpha value is -1.55. The molecule has 1 aromatic rings. The van der Waals surface area contributed by atoms with Crippen molar-refractivity contribution in [3.05, 3.63) is 29.8 Å². The van der Waals surface area contributed by atoms with Gasteiger partial charge in [-0.1, -0.05) is 12.1 Å². The van der Waals surface area contributed by atoms with Gasteiger partial charge in [-0.2, -0.15) is 0 Å². The summed E-state index contributed by atoms with van der Waals surface area (Å²) in [5.41, 5.74) is 13.1. The summed E-state index contributed by atoms with van der Waals surface area (Å²) in [4.78, 5) is 13.4. The predicted octanol–water partition coefficient (Wildman–Crippen LogP) is 0.966. The molecule has 4 N–H and O–H groups in total. The third-order valence-electron chi connectivity index (χ3n) is 3.35. The molecule has 1 heterocycles. The quantitative estimate of drug-likeness (QED) is 0.764. The van der Waals surface area contributed by atoms with E-state index in [1.807, 2.05) is 18.2 Å². The number of carbonyl (C=O) groups excluding carboxylic acids is 1. The molecular formula is C13H19N3O. The molecule has 0 atom stereocenters. The van der Waals surface area contributed by atoms with Crippen molar-refractivity contribution in [1.82, 2.24) is 4.90 Å². The molecular weight excluding hydrogens is 214 g/mol. The number of amides is 1. The molecule has 4 nitrogen and oxygen atoms in total. The van der Waals surface area contributed by atoms with Gasteiger partial charge in [-0.25, -0.2) is 0 Å². The van der Waals surface area contributed by atoms with Gasteiger partial charge < -0.3 is 11.5 Å². The van der Waals surface area contributed by atoms with E-state index in [1.54, 1.807) is 0 Å². The Bertz CT molecular complexity index is 397. The zero-order valence-corrected chi connectivity index (χ0v) is 9.93. The highest BCUT2D eigenvalue weighted by Gasteiger charge is 2.22. The van der Waals surface area contributed by atoms with Crippen LogP contribution in [0.3, 0.4) is 0 Å². The van der Waals surface area contributed by atoms with Crippen LogP contribution >= 0.6 is 0 Å². The highest BCUT2D eigenvalue weighted by Crippen LogP contribution is 2.19. The summed E-state index contributed by atoms with van der Waals surface area (Å²) in [5.74, 6) is -0.0966. The number of nitrogens with two attached hydrogens (primary N) is 2. The van der Waals surface area contributed by atoms with Gasteiger partial charge in [0.15, 0.2) is 0 Å². The van der Waals surface area contributed by atoms with Crippen molar-refractivity contribution in [2.45, 2.75) is 19.4 Å². The fraction of sp³-hybridized carbons (Fsp3) is 0.462. The number of benzene rings is 1. The van der Waals surface area contributed by atoms with Gasteiger partial charge in [0.05, 0.1) is 0 Å². The van der Waals surface area contributed by atoms with Crippen molar-refractivity contribution in [2.24, 2.45) is 11.7 Å². The first-order chi connectivity index (χ1) is 8.15. The molecule has 1 aromatic carbocycles. The first-order valence-corrected chi connectivity index (χ1v) is 6.01. The van der Waals surface area contributed by atoms with Crippen LogP contribution in [0.4, 0.5) is 5.69 Å². The lowest BCUT2D eigenvalue weighted by molar-refractivity contribution is -0.123. The summed E-state index contributed by atoms with van der Waals surface area (Å²) >= 11 is 0. The maximum absolute atomic E-state index is 11.1. The zero-order chi connectivity index (χ0) is 12.3. The average molecular weight is 233 g/mol. The van der Waals surface area contributed by atoms with Crippen LogP contribution in [0.1, 0.15) is 18.4 Å². The highest BCUT2D eigenvalue weighted by molar-refractivity contribution is 5.76. The number of primary amides is 1. The first-order valence-electron chi connectivity index (χ1n) is 6.01. The number of nitrogen functional groups attached to an aromatic ring is 1. The van der Waals surface area contributed by atoms with Crippen LogP contribution in [0.15, 0.2) is 24.3 Å². The lowest BCUT2D eigenvalue weighted by atomic mass is 9.96. The van der Waals surface area contributed by atoms with Gasteiger partial charge in [0, 0.05) is 18.2 Å². The van der Waals surface area contributed by atoms with Crippen LogP contribution in [-0.4, -0.2) is 23.9 Å². The van der Waals surface area contributed by atoms with Crippen LogP contribution in [0.25, 0.3) is 0 Å². The minimum Gasteiger partial charge on any atom is -0.399 e. The van der Waals surface area contributed by atoms with Gasteiger partial charge in [-0.05, 0) is 43.6 Å². The van der Waals surface area contributed by atoms with Crippen LogP contribution in [0.5, 0.6) is 0 Å². The molecule has 1 fully saturated rings. The van der Waals surface area contributed by atoms with Gasteiger partial charge in [0.25, 0.3) is 0 Å². The van der Waals surface area contributed by atoms with E-state index in [-0.39, 0.29) is 11.8 Å². The summed E-state index contributed by atoms with van der Waals surface area (Å²) in [7, 11) is 0. The Kier molecular flexibility index (Phi) is 3.64. The molecule has 0 aromatic heterocycles. The largest absolute Gasteiger partial charge is 0.399 e. The van der Waals surface area contributed by atoms with E-state index in [1.165, 1.54) is 5.56 Å². The number of piperidine rings is 1. The topological polar surface area (TPSA) is 72.4 Å². The number of hydrogen-bond acceptors (Lipinski definition) is 3. The van der Waals surface area contributed by atoms with Gasteiger partial charge >= 0.3 is 0 Å². The van der Waals surface area contributed by atoms with Crippen molar-refractivity contribution in [3.8, 4) is 0 Å². The predicted molar refractivity (Wildman–Crippen MR) is 68.0 cm³/mol. The molecule has 1 saturated heterocycles. The molecule has 0 spiro atoms. The average Bonchev–Trinajstić information content (AvgIpc) is 2.29. The van der Waals surface area contributed by atoms with Crippen LogP contribution < -0.4 is 11.5 Å². The monoisotopic (exact) mass is 233 g/mol. The second kappa shape index (κ2) is 5.19. The Balaban J connectivity index is 1.88. The van der Waals surface area contributed by atoms with E-state index < -0.39 is 0 Å². The molecule has 4 heteroatoms. The Morgan fingerprint density at radius 1 is 1.35 bits per heavy atom. The summed E-state index contributed by atoms with van der Waals surface area (Å²) in [6, 6.07) is 7.94. The maximum atomic E-state index is 11.1. The van der Waals surface area contributed by atoms with E-state index in [4.69, 9.17) is 11.5 Å². The smallest absolute Gasteiger partial charge is 0.220 e. The number of rotatable bonds is 3. The summed E-state index contributed by atoms with van der Waals surface area (Å²) in [5, 5.41) is 0. The second-order valence-corrected chi connectivity index (χ2v) is 4.70. The zero-order valence-electron chi connectivity index (χ0n) is 9.93. The number of nitrogens with zero attached hydrogens (tertiary/aromatic N) is 1. The Morgan fingerprint density at radius 2 is 2.06 bits per heavy atom. The van der Waals surface area contributed by atoms with E-state index in [2.05, 4.69) is 11.0 Å². The number of carbonyl (C=O) groups is 1. The minimum atomic E-state index is -0.159. The van der Waals surface area contributed by atoms with Crippen molar-refractivity contribution >= 4 is 11.6 Å². The number of anilines is 1. The van der Waals surface area contributed by atoms with E-state index in [9.17, 15) is 4.79 Å². The highest BCUT2D eigenvalue weighted by atomic mass is 16.1. The van der Waals surface area contributed by atoms with E-state index in [0.717, 1.165) is 38.2 Å². The number of likely N-dealkylation sites (tertiary alicyclic amines) is 1.